The second-order valence-corrected chi connectivity index (χ2v) is 6.70. The van der Waals surface area contributed by atoms with Gasteiger partial charge in [-0.15, -0.1) is 0 Å². The quantitative estimate of drug-likeness (QED) is 0.651. The summed E-state index contributed by atoms with van der Waals surface area (Å²) >= 11 is 0. The first-order valence-electron chi connectivity index (χ1n) is 8.78. The molecule has 3 heterocycles. The topological polar surface area (TPSA) is 107 Å². The van der Waals surface area contributed by atoms with Gasteiger partial charge in [0, 0.05) is 24.7 Å². The van der Waals surface area contributed by atoms with E-state index in [-0.39, 0.29) is 17.6 Å². The van der Waals surface area contributed by atoms with E-state index in [4.69, 9.17) is 4.52 Å². The Morgan fingerprint density at radius 2 is 2.19 bits per heavy atom. The molecule has 8 heteroatoms. The smallest absolute Gasteiger partial charge is 0.323 e. The van der Waals surface area contributed by atoms with Gasteiger partial charge in [-0.05, 0) is 44.5 Å². The van der Waals surface area contributed by atoms with E-state index in [2.05, 4.69) is 25.3 Å². The van der Waals surface area contributed by atoms with Crippen LogP contribution in [0.4, 0.5) is 5.69 Å². The van der Waals surface area contributed by atoms with Crippen molar-refractivity contribution in [1.29, 1.82) is 0 Å². The molecule has 1 aromatic carbocycles. The monoisotopic (exact) mass is 355 g/mol. The highest BCUT2D eigenvalue weighted by Crippen LogP contribution is 2.32. The van der Waals surface area contributed by atoms with Crippen molar-refractivity contribution in [3.05, 3.63) is 46.2 Å². The fourth-order valence-corrected chi connectivity index (χ4v) is 3.54. The molecule has 0 spiro atoms. The van der Waals surface area contributed by atoms with Crippen molar-refractivity contribution >= 4 is 22.6 Å². The van der Waals surface area contributed by atoms with E-state index < -0.39 is 0 Å². The summed E-state index contributed by atoms with van der Waals surface area (Å²) in [5.41, 5.74) is 2.68. The fraction of sp³-hybridized carbons (Fsp3) is 0.389. The number of carbonyl (C=O) groups excluding carboxylic acids is 1. The largest absolute Gasteiger partial charge is 0.359 e. The second-order valence-electron chi connectivity index (χ2n) is 6.70. The van der Waals surface area contributed by atoms with E-state index >= 15 is 0 Å². The van der Waals surface area contributed by atoms with Crippen LogP contribution in [0.2, 0.25) is 0 Å². The number of hydrogen-bond donors (Lipinski definition) is 3. The van der Waals surface area contributed by atoms with Gasteiger partial charge < -0.3 is 19.8 Å². The number of aromatic nitrogens is 3. The van der Waals surface area contributed by atoms with Crippen LogP contribution in [0.25, 0.3) is 11.0 Å². The molecule has 26 heavy (non-hydrogen) atoms. The van der Waals surface area contributed by atoms with Gasteiger partial charge in [0.15, 0.2) is 5.76 Å². The molecule has 8 nitrogen and oxygen atoms in total. The summed E-state index contributed by atoms with van der Waals surface area (Å²) in [4.78, 5) is 31.2. The summed E-state index contributed by atoms with van der Waals surface area (Å²) < 4.78 is 5.40. The second kappa shape index (κ2) is 6.80. The Balaban J connectivity index is 1.36. The van der Waals surface area contributed by atoms with Crippen LogP contribution >= 0.6 is 0 Å². The number of fused-ring (bicyclic) bond motifs is 1. The molecule has 1 amide bonds. The molecule has 4 rings (SSSR count). The Labute approximate surface area is 149 Å². The first-order valence-corrected chi connectivity index (χ1v) is 8.78. The van der Waals surface area contributed by atoms with Crippen LogP contribution in [0.1, 0.15) is 36.8 Å². The molecule has 1 saturated heterocycles. The number of hydrogen-bond acceptors (Lipinski definition) is 5. The number of imidazole rings is 1. The van der Waals surface area contributed by atoms with Gasteiger partial charge in [0.1, 0.15) is 0 Å². The van der Waals surface area contributed by atoms with E-state index in [0.29, 0.717) is 24.2 Å². The number of nitrogens with one attached hydrogen (secondary N) is 3. The van der Waals surface area contributed by atoms with Crippen molar-refractivity contribution in [2.45, 2.75) is 32.2 Å². The molecule has 0 saturated carbocycles. The molecule has 3 aromatic rings. The van der Waals surface area contributed by atoms with Gasteiger partial charge in [-0.1, -0.05) is 5.16 Å². The molecule has 1 aliphatic heterocycles. The van der Waals surface area contributed by atoms with Crippen LogP contribution in [0, 0.1) is 6.92 Å². The third-order valence-electron chi connectivity index (χ3n) is 4.76. The maximum Gasteiger partial charge on any atom is 0.323 e. The molecule has 3 N–H and O–H groups in total. The van der Waals surface area contributed by atoms with Gasteiger partial charge in [-0.3, -0.25) is 9.69 Å². The first kappa shape index (κ1) is 16.6. The number of anilines is 1. The lowest BCUT2D eigenvalue weighted by Gasteiger charge is -2.21. The summed E-state index contributed by atoms with van der Waals surface area (Å²) in [5, 5.41) is 6.85. The highest BCUT2D eigenvalue weighted by atomic mass is 16.5. The lowest BCUT2D eigenvalue weighted by Crippen LogP contribution is -2.27. The molecule has 1 atom stereocenters. The minimum atomic E-state index is -0.258. The number of nitrogens with zero attached hydrogens (tertiary/aromatic N) is 2. The summed E-state index contributed by atoms with van der Waals surface area (Å²) in [6.07, 6.45) is 2.50. The highest BCUT2D eigenvalue weighted by Gasteiger charge is 2.29. The van der Waals surface area contributed by atoms with E-state index in [1.807, 2.05) is 13.0 Å². The molecule has 2 aromatic heterocycles. The maximum absolute atomic E-state index is 12.3. The lowest BCUT2D eigenvalue weighted by molar-refractivity contribution is -0.116. The van der Waals surface area contributed by atoms with Crippen molar-refractivity contribution in [2.75, 3.05) is 18.4 Å². The standard InChI is InChI=1S/C18H21N5O3/c1-11-9-16(26-22-11)15-3-2-7-23(15)8-6-17(24)19-12-4-5-13-14(10-12)21-18(25)20-13/h4-5,9-10,15H,2-3,6-8H2,1H3,(H,19,24)(H2,20,21,25)/t15-/m1/s1. The number of likely N-dealkylation sites (tertiary alicyclic amines) is 1. The highest BCUT2D eigenvalue weighted by molar-refractivity contribution is 5.93. The van der Waals surface area contributed by atoms with Crippen LogP contribution in [-0.2, 0) is 4.79 Å². The first-order chi connectivity index (χ1) is 12.6. The molecule has 0 bridgehead atoms. The zero-order valence-corrected chi connectivity index (χ0v) is 14.5. The number of amides is 1. The lowest BCUT2D eigenvalue weighted by atomic mass is 10.1. The summed E-state index contributed by atoms with van der Waals surface area (Å²) in [6, 6.07) is 7.47. The van der Waals surface area contributed by atoms with Crippen LogP contribution < -0.4 is 11.0 Å². The number of H-pyrrole nitrogens is 2. The van der Waals surface area contributed by atoms with Crippen molar-refractivity contribution in [1.82, 2.24) is 20.0 Å². The molecule has 0 aliphatic carbocycles. The van der Waals surface area contributed by atoms with Crippen molar-refractivity contribution in [3.8, 4) is 0 Å². The normalized spacial score (nSPS) is 17.8. The minimum Gasteiger partial charge on any atom is -0.359 e. The molecular formula is C18H21N5O3. The predicted molar refractivity (Wildman–Crippen MR) is 97.0 cm³/mol. The Morgan fingerprint density at radius 1 is 1.35 bits per heavy atom. The minimum absolute atomic E-state index is 0.0540. The molecule has 1 aliphatic rings. The SMILES string of the molecule is Cc1cc([C@H]2CCCN2CCC(=O)Nc2ccc3[nH]c(=O)[nH]c3c2)on1. The van der Waals surface area contributed by atoms with Gasteiger partial charge in [0.25, 0.3) is 0 Å². The van der Waals surface area contributed by atoms with Crippen LogP contribution in [0.3, 0.4) is 0 Å². The molecule has 0 unspecified atom stereocenters. The Kier molecular flexibility index (Phi) is 4.34. The molecular weight excluding hydrogens is 334 g/mol. The average Bonchev–Trinajstić information content (AvgIpc) is 3.31. The van der Waals surface area contributed by atoms with Crippen molar-refractivity contribution in [2.24, 2.45) is 0 Å². The van der Waals surface area contributed by atoms with Gasteiger partial charge in [-0.2, -0.15) is 0 Å². The maximum atomic E-state index is 12.3. The van der Waals surface area contributed by atoms with E-state index in [0.717, 1.165) is 36.4 Å². The molecule has 1 fully saturated rings. The van der Waals surface area contributed by atoms with Gasteiger partial charge in [0.2, 0.25) is 5.91 Å². The summed E-state index contributed by atoms with van der Waals surface area (Å²) in [7, 11) is 0. The zero-order valence-electron chi connectivity index (χ0n) is 14.5. The zero-order chi connectivity index (χ0) is 18.1. The average molecular weight is 355 g/mol. The van der Waals surface area contributed by atoms with Gasteiger partial charge >= 0.3 is 5.69 Å². The summed E-state index contributed by atoms with van der Waals surface area (Å²) in [5.74, 6) is 0.823. The van der Waals surface area contributed by atoms with Crippen LogP contribution in [0.15, 0.2) is 33.6 Å². The number of carbonyl (C=O) groups is 1. The Morgan fingerprint density at radius 3 is 3.00 bits per heavy atom. The summed E-state index contributed by atoms with van der Waals surface area (Å²) in [6.45, 7) is 3.53. The van der Waals surface area contributed by atoms with E-state index in [1.54, 1.807) is 18.2 Å². The molecule has 136 valence electrons. The van der Waals surface area contributed by atoms with Gasteiger partial charge in [0.05, 0.1) is 22.8 Å². The molecule has 0 radical (unpaired) electrons. The third-order valence-corrected chi connectivity index (χ3v) is 4.76. The predicted octanol–water partition coefficient (Wildman–Crippen LogP) is 2.32. The van der Waals surface area contributed by atoms with E-state index in [1.165, 1.54) is 0 Å². The Hall–Kier alpha value is -2.87. The van der Waals surface area contributed by atoms with E-state index in [9.17, 15) is 9.59 Å². The van der Waals surface area contributed by atoms with Crippen LogP contribution in [0.5, 0.6) is 0 Å². The number of rotatable bonds is 5. The number of benzene rings is 1. The number of aromatic amines is 2. The number of aryl methyl sites for hydroxylation is 1. The Bertz CT molecular complexity index is 986. The third kappa shape index (κ3) is 3.41. The van der Waals surface area contributed by atoms with Gasteiger partial charge in [-0.25, -0.2) is 4.79 Å². The van der Waals surface area contributed by atoms with Crippen molar-refractivity contribution < 1.29 is 9.32 Å². The van der Waals surface area contributed by atoms with Crippen LogP contribution in [-0.4, -0.2) is 39.0 Å². The fourth-order valence-electron chi connectivity index (χ4n) is 3.54. The van der Waals surface area contributed by atoms with Crippen molar-refractivity contribution in [3.63, 3.8) is 0 Å².